The van der Waals surface area contributed by atoms with Crippen LogP contribution < -0.4 is 11.4 Å². The molecule has 3 aliphatic rings. The summed E-state index contributed by atoms with van der Waals surface area (Å²) in [6.45, 7) is 4.04. The van der Waals surface area contributed by atoms with Crippen LogP contribution in [0, 0.1) is 5.92 Å². The molecule has 0 amide bonds. The maximum Gasteiger partial charge on any atom is 0.351 e. The maximum atomic E-state index is 13.1. The van der Waals surface area contributed by atoms with Crippen molar-refractivity contribution in [2.75, 3.05) is 6.61 Å². The first-order chi connectivity index (χ1) is 22.8. The molecule has 2 aromatic rings. The van der Waals surface area contributed by atoms with Gasteiger partial charge in [-0.3, -0.25) is 19.2 Å². The average Bonchev–Trinajstić information content (AvgIpc) is 3.77. The van der Waals surface area contributed by atoms with E-state index in [0.717, 1.165) is 36.9 Å². The van der Waals surface area contributed by atoms with E-state index in [1.54, 1.807) is 30.3 Å². The Morgan fingerprint density at radius 1 is 0.917 bits per heavy atom. The van der Waals surface area contributed by atoms with Crippen molar-refractivity contribution in [3.63, 3.8) is 0 Å². The third kappa shape index (κ3) is 7.83. The summed E-state index contributed by atoms with van der Waals surface area (Å²) in [5.41, 5.74) is -0.474. The molecule has 2 N–H and O–H groups in total. The topological polar surface area (TPSA) is 229 Å². The summed E-state index contributed by atoms with van der Waals surface area (Å²) in [7, 11) is 0. The van der Waals surface area contributed by atoms with Crippen LogP contribution >= 0.6 is 0 Å². The van der Waals surface area contributed by atoms with Crippen LogP contribution in [0.3, 0.4) is 0 Å². The van der Waals surface area contributed by atoms with Gasteiger partial charge in [-0.2, -0.15) is 0 Å². The number of esters is 4. The number of fused-ring (bicyclic) bond motifs is 1. The Bertz CT molecular complexity index is 1660. The van der Waals surface area contributed by atoms with E-state index < -0.39 is 96.8 Å². The molecule has 3 heterocycles. The minimum absolute atomic E-state index is 0.0424. The molecule has 18 heteroatoms. The maximum absolute atomic E-state index is 13.1. The van der Waals surface area contributed by atoms with E-state index in [9.17, 15) is 33.9 Å². The van der Waals surface area contributed by atoms with Gasteiger partial charge >= 0.3 is 35.3 Å². The minimum Gasteiger partial charge on any atom is -0.463 e. The first kappa shape index (κ1) is 34.5. The lowest BCUT2D eigenvalue weighted by Crippen LogP contribution is -2.62. The zero-order chi connectivity index (χ0) is 34.7. The fourth-order valence-electron chi connectivity index (χ4n) is 5.87. The van der Waals surface area contributed by atoms with Crippen molar-refractivity contribution in [2.24, 2.45) is 11.1 Å². The van der Waals surface area contributed by atoms with Crippen molar-refractivity contribution < 1.29 is 57.5 Å². The second kappa shape index (κ2) is 14.5. The first-order valence-electron chi connectivity index (χ1n) is 15.2. The third-order valence-electron chi connectivity index (χ3n) is 7.92. The number of hydrogen-bond donors (Lipinski definition) is 2. The third-order valence-corrected chi connectivity index (χ3v) is 7.92. The highest BCUT2D eigenvalue weighted by atomic mass is 16.8. The van der Waals surface area contributed by atoms with Crippen molar-refractivity contribution in [1.82, 2.24) is 14.3 Å². The molecule has 0 spiro atoms. The monoisotopic (exact) mass is 676 g/mol. The van der Waals surface area contributed by atoms with Gasteiger partial charge in [-0.15, -0.1) is 0 Å². The van der Waals surface area contributed by atoms with Gasteiger partial charge in [-0.25, -0.2) is 23.9 Å². The number of aliphatic hydroxyl groups excluding tert-OH is 1. The summed E-state index contributed by atoms with van der Waals surface area (Å²) in [5, 5.41) is 17.4. The van der Waals surface area contributed by atoms with Gasteiger partial charge in [-0.05, 0) is 25.0 Å². The van der Waals surface area contributed by atoms with Crippen LogP contribution in [-0.4, -0.2) is 105 Å². The number of epoxide rings is 1. The lowest BCUT2D eigenvalue weighted by atomic mass is 9.83. The highest BCUT2D eigenvalue weighted by Crippen LogP contribution is 2.40. The molecule has 0 radical (unpaired) electrons. The number of aromatic amines is 1. The summed E-state index contributed by atoms with van der Waals surface area (Å²) >= 11 is 0. The van der Waals surface area contributed by atoms with Crippen molar-refractivity contribution in [3.05, 3.63) is 51.3 Å². The van der Waals surface area contributed by atoms with Gasteiger partial charge in [0.2, 0.25) is 6.10 Å². The number of carbonyl (C=O) groups is 4. The molecule has 48 heavy (non-hydrogen) atoms. The number of carbonyl (C=O) groups excluding carboxylic acids is 4. The zero-order valence-corrected chi connectivity index (χ0v) is 26.5. The molecule has 2 aliphatic heterocycles. The van der Waals surface area contributed by atoms with Gasteiger partial charge in [0.25, 0.3) is 6.29 Å². The highest BCUT2D eigenvalue weighted by molar-refractivity contribution is 5.94. The van der Waals surface area contributed by atoms with E-state index in [4.69, 9.17) is 33.3 Å². The van der Waals surface area contributed by atoms with E-state index in [2.05, 4.69) is 10.3 Å². The normalized spacial score (nSPS) is 30.1. The smallest absolute Gasteiger partial charge is 0.351 e. The van der Waals surface area contributed by atoms with Crippen LogP contribution in [-0.2, 0) is 59.0 Å². The fraction of sp³-hybridized carbons (Fsp3) is 0.567. The molecule has 2 saturated heterocycles. The number of rotatable bonds is 11. The summed E-state index contributed by atoms with van der Waals surface area (Å²) < 4.78 is 35.0. The molecule has 0 unspecified atom stereocenters. The van der Waals surface area contributed by atoms with E-state index in [1.165, 1.54) is 0 Å². The lowest BCUT2D eigenvalue weighted by molar-refractivity contribution is -0.308. The van der Waals surface area contributed by atoms with Crippen LogP contribution in [0.25, 0.3) is 5.69 Å². The van der Waals surface area contributed by atoms with Crippen LogP contribution in [0.4, 0.5) is 0 Å². The number of oxime groups is 1. The number of hydrogen-bond acceptors (Lipinski definition) is 15. The number of benzene rings is 1. The molecule has 1 aromatic carbocycles. The molecule has 1 aromatic heterocycles. The summed E-state index contributed by atoms with van der Waals surface area (Å²) in [4.78, 5) is 79.3. The van der Waals surface area contributed by atoms with Crippen LogP contribution in [0.2, 0.25) is 0 Å². The van der Waals surface area contributed by atoms with E-state index in [1.807, 2.05) is 0 Å². The summed E-state index contributed by atoms with van der Waals surface area (Å²) in [6, 6.07) is 8.40. The average molecular weight is 677 g/mol. The number of nitrogens with zero attached hydrogens (tertiary/aromatic N) is 3. The van der Waals surface area contributed by atoms with Gasteiger partial charge in [0.1, 0.15) is 24.9 Å². The van der Waals surface area contributed by atoms with E-state index >= 15 is 0 Å². The second-order valence-corrected chi connectivity index (χ2v) is 11.5. The SMILES string of the molecule is CC(=O)OC[C@H]1O[C@@H](O/N=C2/[C@@H](CCn3[nH]c(=O)n(-c4ccccc4)c3=O)C[C@H](O)[C@@H]3O[C@H]23)[C@H](OC(C)=O)[C@@H](OC(C)=O)[C@@H]1OC(C)=O. The minimum atomic E-state index is -1.57. The number of para-hydroxylation sites is 1. The number of aryl methyl sites for hydroxylation is 1. The van der Waals surface area contributed by atoms with Gasteiger partial charge in [-0.1, -0.05) is 23.4 Å². The standard InChI is InChI=1S/C30H36N4O14/c1-14(35)42-13-21-24(43-15(2)36)26(44-16(3)37)27(45-17(4)38)28(46-21)48-32-22-18(12-20(39)23-25(22)47-23)10-11-33-30(41)34(29(40)31-33)19-8-6-5-7-9-19/h5-9,18,20-21,23-28,39H,10-13H2,1-4H3,(H,31,40)/b32-22-/t18-,20-,21+,23-,24+,25+,26-,27+,28-/m0/s1. The molecular weight excluding hydrogens is 640 g/mol. The number of nitrogens with one attached hydrogen (secondary N) is 1. The molecule has 9 atom stereocenters. The van der Waals surface area contributed by atoms with Crippen LogP contribution in [0.1, 0.15) is 40.5 Å². The molecule has 260 valence electrons. The van der Waals surface area contributed by atoms with Crippen molar-refractivity contribution >= 4 is 29.6 Å². The van der Waals surface area contributed by atoms with Gasteiger partial charge in [0.15, 0.2) is 12.2 Å². The van der Waals surface area contributed by atoms with Crippen molar-refractivity contribution in [2.45, 2.75) is 96.1 Å². The molecule has 5 rings (SSSR count). The summed E-state index contributed by atoms with van der Waals surface area (Å²) in [6.07, 6.45) is -8.78. The fourth-order valence-corrected chi connectivity index (χ4v) is 5.87. The zero-order valence-electron chi connectivity index (χ0n) is 26.5. The molecular formula is C30H36N4O14. The van der Waals surface area contributed by atoms with E-state index in [-0.39, 0.29) is 19.4 Å². The van der Waals surface area contributed by atoms with E-state index in [0.29, 0.717) is 11.4 Å². The Morgan fingerprint density at radius 2 is 1.56 bits per heavy atom. The molecule has 1 saturated carbocycles. The van der Waals surface area contributed by atoms with Gasteiger partial charge in [0, 0.05) is 40.2 Å². The number of aromatic nitrogens is 3. The van der Waals surface area contributed by atoms with Crippen molar-refractivity contribution in [3.8, 4) is 5.69 Å². The Balaban J connectivity index is 1.41. The number of aliphatic hydroxyl groups is 1. The predicted molar refractivity (Wildman–Crippen MR) is 159 cm³/mol. The Labute approximate surface area is 272 Å². The summed E-state index contributed by atoms with van der Waals surface area (Å²) in [5.74, 6) is -3.59. The van der Waals surface area contributed by atoms with Gasteiger partial charge < -0.3 is 38.4 Å². The predicted octanol–water partition coefficient (Wildman–Crippen LogP) is -0.679. The highest BCUT2D eigenvalue weighted by Gasteiger charge is 2.56. The van der Waals surface area contributed by atoms with Gasteiger partial charge in [0.05, 0.1) is 17.5 Å². The lowest BCUT2D eigenvalue weighted by Gasteiger charge is -2.43. The molecule has 1 aliphatic carbocycles. The second-order valence-electron chi connectivity index (χ2n) is 11.5. The van der Waals surface area contributed by atoms with Crippen LogP contribution in [0.5, 0.6) is 0 Å². The first-order valence-corrected chi connectivity index (χ1v) is 15.2. The Morgan fingerprint density at radius 3 is 2.21 bits per heavy atom. The largest absolute Gasteiger partial charge is 0.463 e. The number of ether oxygens (including phenoxy) is 6. The Kier molecular flexibility index (Phi) is 10.4. The van der Waals surface area contributed by atoms with Crippen LogP contribution in [0.15, 0.2) is 45.1 Å². The Hall–Kier alpha value is -4.81. The molecule has 3 fully saturated rings. The number of H-pyrrole nitrogens is 1. The molecule has 18 nitrogen and oxygen atoms in total. The molecule has 0 bridgehead atoms. The van der Waals surface area contributed by atoms with Crippen molar-refractivity contribution in [1.29, 1.82) is 0 Å². The quantitative estimate of drug-likeness (QED) is 0.130.